The van der Waals surface area contributed by atoms with Gasteiger partial charge in [-0.1, -0.05) is 0 Å². The Hall–Kier alpha value is -1.62. The predicted molar refractivity (Wildman–Crippen MR) is 64.2 cm³/mol. The minimum absolute atomic E-state index is 0.189. The molecule has 0 atom stereocenters. The lowest BCUT2D eigenvalue weighted by molar-refractivity contribution is 0.0767. The van der Waals surface area contributed by atoms with Gasteiger partial charge < -0.3 is 16.0 Å². The minimum Gasteiger partial charge on any atom is -0.398 e. The highest BCUT2D eigenvalue weighted by Crippen LogP contribution is 2.16. The van der Waals surface area contributed by atoms with Crippen LogP contribution in [0, 0.1) is 5.82 Å². The van der Waals surface area contributed by atoms with Crippen LogP contribution < -0.4 is 11.1 Å². The van der Waals surface area contributed by atoms with Gasteiger partial charge in [0, 0.05) is 25.3 Å². The second-order valence-corrected chi connectivity index (χ2v) is 4.13. The molecule has 92 valence electrons. The first kappa shape index (κ1) is 11.9. The minimum atomic E-state index is -0.435. The summed E-state index contributed by atoms with van der Waals surface area (Å²) in [6, 6.07) is 3.89. The number of nitrogens with two attached hydrogens (primary N) is 1. The number of benzene rings is 1. The van der Waals surface area contributed by atoms with E-state index in [4.69, 9.17) is 5.73 Å². The van der Waals surface area contributed by atoms with E-state index in [0.717, 1.165) is 19.5 Å². The van der Waals surface area contributed by atoms with Gasteiger partial charge in [-0.15, -0.1) is 0 Å². The lowest BCUT2D eigenvalue weighted by Crippen LogP contribution is -2.34. The second kappa shape index (κ2) is 5.14. The SMILES string of the molecule is Nc1ccc(F)cc1C(=O)N1CCCNCC1. The van der Waals surface area contributed by atoms with E-state index in [1.54, 1.807) is 4.90 Å². The van der Waals surface area contributed by atoms with E-state index in [-0.39, 0.29) is 11.5 Å². The van der Waals surface area contributed by atoms with E-state index >= 15 is 0 Å². The summed E-state index contributed by atoms with van der Waals surface area (Å²) in [6.07, 6.45) is 0.904. The van der Waals surface area contributed by atoms with E-state index in [1.165, 1.54) is 18.2 Å². The molecule has 0 aliphatic carbocycles. The van der Waals surface area contributed by atoms with Crippen molar-refractivity contribution in [1.29, 1.82) is 0 Å². The Kier molecular flexibility index (Phi) is 3.58. The van der Waals surface area contributed by atoms with Gasteiger partial charge >= 0.3 is 0 Å². The van der Waals surface area contributed by atoms with E-state index in [0.29, 0.717) is 18.8 Å². The first-order valence-corrected chi connectivity index (χ1v) is 5.73. The fourth-order valence-corrected chi connectivity index (χ4v) is 1.93. The van der Waals surface area contributed by atoms with Crippen LogP contribution in [0.15, 0.2) is 18.2 Å². The molecule has 0 spiro atoms. The van der Waals surface area contributed by atoms with Gasteiger partial charge in [-0.25, -0.2) is 4.39 Å². The lowest BCUT2D eigenvalue weighted by atomic mass is 10.1. The molecule has 1 aromatic carbocycles. The Bertz CT molecular complexity index is 414. The number of hydrogen-bond donors (Lipinski definition) is 2. The molecule has 17 heavy (non-hydrogen) atoms. The number of hydrogen-bond acceptors (Lipinski definition) is 3. The highest BCUT2D eigenvalue weighted by molar-refractivity contribution is 5.99. The maximum Gasteiger partial charge on any atom is 0.256 e. The van der Waals surface area contributed by atoms with Gasteiger partial charge in [0.25, 0.3) is 5.91 Å². The molecule has 1 aliphatic rings. The first-order valence-electron chi connectivity index (χ1n) is 5.73. The molecule has 1 heterocycles. The fraction of sp³-hybridized carbons (Fsp3) is 0.417. The number of nitrogens with one attached hydrogen (secondary N) is 1. The number of nitrogen functional groups attached to an aromatic ring is 1. The summed E-state index contributed by atoms with van der Waals surface area (Å²) in [5.41, 5.74) is 6.29. The lowest BCUT2D eigenvalue weighted by Gasteiger charge is -2.20. The van der Waals surface area contributed by atoms with Crippen LogP contribution in [0.4, 0.5) is 10.1 Å². The Labute approximate surface area is 99.6 Å². The number of nitrogens with zero attached hydrogens (tertiary/aromatic N) is 1. The third-order valence-corrected chi connectivity index (χ3v) is 2.87. The molecule has 1 aromatic rings. The van der Waals surface area contributed by atoms with Crippen LogP contribution >= 0.6 is 0 Å². The van der Waals surface area contributed by atoms with E-state index < -0.39 is 5.82 Å². The van der Waals surface area contributed by atoms with Gasteiger partial charge in [-0.05, 0) is 31.2 Å². The van der Waals surface area contributed by atoms with Crippen molar-refractivity contribution in [1.82, 2.24) is 10.2 Å². The average molecular weight is 237 g/mol. The van der Waals surface area contributed by atoms with E-state index in [1.807, 2.05) is 0 Å². The van der Waals surface area contributed by atoms with Crippen LogP contribution in [-0.2, 0) is 0 Å². The molecule has 1 saturated heterocycles. The van der Waals surface area contributed by atoms with Crippen LogP contribution in [-0.4, -0.2) is 37.0 Å². The molecule has 1 aliphatic heterocycles. The summed E-state index contributed by atoms with van der Waals surface area (Å²) >= 11 is 0. The molecule has 0 bridgehead atoms. The summed E-state index contributed by atoms with van der Waals surface area (Å²) in [7, 11) is 0. The number of halogens is 1. The van der Waals surface area contributed by atoms with Crippen molar-refractivity contribution in [2.24, 2.45) is 0 Å². The van der Waals surface area contributed by atoms with Crippen molar-refractivity contribution in [3.63, 3.8) is 0 Å². The van der Waals surface area contributed by atoms with Crippen molar-refractivity contribution >= 4 is 11.6 Å². The number of carbonyl (C=O) groups is 1. The van der Waals surface area contributed by atoms with Crippen LogP contribution in [0.25, 0.3) is 0 Å². The maximum atomic E-state index is 13.1. The molecule has 4 nitrogen and oxygen atoms in total. The van der Waals surface area contributed by atoms with Crippen molar-refractivity contribution in [3.05, 3.63) is 29.6 Å². The third-order valence-electron chi connectivity index (χ3n) is 2.87. The third kappa shape index (κ3) is 2.74. The molecule has 0 saturated carbocycles. The van der Waals surface area contributed by atoms with Crippen LogP contribution in [0.1, 0.15) is 16.8 Å². The number of carbonyl (C=O) groups excluding carboxylic acids is 1. The monoisotopic (exact) mass is 237 g/mol. The Morgan fingerprint density at radius 3 is 3.00 bits per heavy atom. The van der Waals surface area contributed by atoms with Gasteiger partial charge in [0.2, 0.25) is 0 Å². The summed E-state index contributed by atoms with van der Waals surface area (Å²) in [6.45, 7) is 2.99. The quantitative estimate of drug-likeness (QED) is 0.712. The van der Waals surface area contributed by atoms with Gasteiger partial charge in [0.1, 0.15) is 5.82 Å². The van der Waals surface area contributed by atoms with Crippen LogP contribution in [0.3, 0.4) is 0 Å². The molecule has 2 rings (SSSR count). The van der Waals surface area contributed by atoms with Gasteiger partial charge in [-0.3, -0.25) is 4.79 Å². The Morgan fingerprint density at radius 1 is 1.35 bits per heavy atom. The first-order chi connectivity index (χ1) is 8.18. The smallest absolute Gasteiger partial charge is 0.256 e. The molecule has 0 radical (unpaired) electrons. The zero-order chi connectivity index (χ0) is 12.3. The summed E-state index contributed by atoms with van der Waals surface area (Å²) in [5, 5.41) is 3.21. The molecule has 0 unspecified atom stereocenters. The van der Waals surface area contributed by atoms with Crippen molar-refractivity contribution < 1.29 is 9.18 Å². The summed E-state index contributed by atoms with van der Waals surface area (Å²) in [4.78, 5) is 13.9. The highest BCUT2D eigenvalue weighted by Gasteiger charge is 2.19. The average Bonchev–Trinajstić information content (AvgIpc) is 2.60. The number of anilines is 1. The maximum absolute atomic E-state index is 13.1. The molecule has 1 fully saturated rings. The molecular formula is C12H16FN3O. The van der Waals surface area contributed by atoms with Crippen LogP contribution in [0.5, 0.6) is 0 Å². The molecule has 3 N–H and O–H groups in total. The van der Waals surface area contributed by atoms with Crippen LogP contribution in [0.2, 0.25) is 0 Å². The van der Waals surface area contributed by atoms with E-state index in [2.05, 4.69) is 5.32 Å². The van der Waals surface area contributed by atoms with Crippen molar-refractivity contribution in [2.75, 3.05) is 31.9 Å². The Balaban J connectivity index is 2.20. The standard InChI is InChI=1S/C12H16FN3O/c13-9-2-3-11(14)10(8-9)12(17)16-6-1-4-15-5-7-16/h2-3,8,15H,1,4-7,14H2. The summed E-state index contributed by atoms with van der Waals surface area (Å²) in [5.74, 6) is -0.624. The van der Waals surface area contributed by atoms with E-state index in [9.17, 15) is 9.18 Å². The van der Waals surface area contributed by atoms with Crippen molar-refractivity contribution in [2.45, 2.75) is 6.42 Å². The zero-order valence-corrected chi connectivity index (χ0v) is 9.58. The molecule has 0 aromatic heterocycles. The number of rotatable bonds is 1. The van der Waals surface area contributed by atoms with Gasteiger partial charge in [0.15, 0.2) is 0 Å². The second-order valence-electron chi connectivity index (χ2n) is 4.13. The summed E-state index contributed by atoms with van der Waals surface area (Å²) < 4.78 is 13.1. The zero-order valence-electron chi connectivity index (χ0n) is 9.58. The molecule has 1 amide bonds. The van der Waals surface area contributed by atoms with Gasteiger partial charge in [0.05, 0.1) is 5.56 Å². The highest BCUT2D eigenvalue weighted by atomic mass is 19.1. The Morgan fingerprint density at radius 2 is 2.18 bits per heavy atom. The molecular weight excluding hydrogens is 221 g/mol. The number of amides is 1. The predicted octanol–water partition coefficient (Wildman–Crippen LogP) is 0.843. The topological polar surface area (TPSA) is 58.4 Å². The van der Waals surface area contributed by atoms with Crippen molar-refractivity contribution in [3.8, 4) is 0 Å². The molecule has 5 heteroatoms. The van der Waals surface area contributed by atoms with Gasteiger partial charge in [-0.2, -0.15) is 0 Å². The fourth-order valence-electron chi connectivity index (χ4n) is 1.93. The largest absolute Gasteiger partial charge is 0.398 e. The normalized spacial score (nSPS) is 16.6.